The van der Waals surface area contributed by atoms with Gasteiger partial charge in [-0.15, -0.1) is 0 Å². The first-order valence-corrected chi connectivity index (χ1v) is 12.7. The molecule has 9 heteroatoms. The van der Waals surface area contributed by atoms with Crippen molar-refractivity contribution in [2.75, 3.05) is 11.9 Å². The largest absolute Gasteiger partial charge is 0.489 e. The molecule has 184 valence electrons. The molecule has 0 aliphatic carbocycles. The van der Waals surface area contributed by atoms with Crippen LogP contribution in [0.2, 0.25) is 10.0 Å². The molecule has 1 fully saturated rings. The normalized spacial score (nSPS) is 14.4. The molecule has 1 N–H and O–H groups in total. The number of carbonyl (C=O) groups excluding carboxylic acids is 3. The van der Waals surface area contributed by atoms with E-state index in [4.69, 9.17) is 27.9 Å². The predicted octanol–water partition coefficient (Wildman–Crippen LogP) is 6.81. The van der Waals surface area contributed by atoms with Crippen LogP contribution in [-0.4, -0.2) is 28.5 Å². The molecule has 1 saturated heterocycles. The van der Waals surface area contributed by atoms with Gasteiger partial charge in [0.05, 0.1) is 4.91 Å². The van der Waals surface area contributed by atoms with Gasteiger partial charge in [0, 0.05) is 21.3 Å². The van der Waals surface area contributed by atoms with Crippen LogP contribution in [0, 0.1) is 0 Å². The third-order valence-corrected chi connectivity index (χ3v) is 6.90. The van der Waals surface area contributed by atoms with Gasteiger partial charge in [-0.05, 0) is 71.8 Å². The van der Waals surface area contributed by atoms with Gasteiger partial charge in [-0.3, -0.25) is 19.3 Å². The fourth-order valence-electron chi connectivity index (χ4n) is 3.42. The van der Waals surface area contributed by atoms with Crippen molar-refractivity contribution in [3.8, 4) is 5.75 Å². The molecule has 0 atom stereocenters. The molecule has 36 heavy (non-hydrogen) atoms. The van der Waals surface area contributed by atoms with Crippen molar-refractivity contribution in [2.45, 2.75) is 20.0 Å². The van der Waals surface area contributed by atoms with Crippen LogP contribution < -0.4 is 10.1 Å². The number of anilines is 1. The Labute approximate surface area is 223 Å². The Hall–Kier alpha value is -3.26. The molecule has 3 aromatic rings. The van der Waals surface area contributed by atoms with Gasteiger partial charge in [-0.25, -0.2) is 0 Å². The third-order valence-electron chi connectivity index (χ3n) is 5.41. The average molecular weight is 541 g/mol. The van der Waals surface area contributed by atoms with Crippen molar-refractivity contribution in [3.63, 3.8) is 0 Å². The van der Waals surface area contributed by atoms with E-state index in [1.165, 1.54) is 0 Å². The van der Waals surface area contributed by atoms with E-state index < -0.39 is 17.1 Å². The number of carbonyl (C=O) groups is 3. The fourth-order valence-corrected chi connectivity index (χ4v) is 4.72. The zero-order chi connectivity index (χ0) is 25.7. The van der Waals surface area contributed by atoms with Crippen LogP contribution in [-0.2, 0) is 22.6 Å². The first-order valence-electron chi connectivity index (χ1n) is 11.1. The number of rotatable bonds is 8. The number of benzene rings is 3. The summed E-state index contributed by atoms with van der Waals surface area (Å²) in [7, 11) is 0. The molecule has 1 heterocycles. The zero-order valence-electron chi connectivity index (χ0n) is 19.3. The minimum atomic E-state index is -0.501. The highest BCUT2D eigenvalue weighted by atomic mass is 35.5. The number of thioether (sulfide) groups is 1. The summed E-state index contributed by atoms with van der Waals surface area (Å²) in [6.07, 6.45) is 2.51. The molecule has 1 aliphatic heterocycles. The van der Waals surface area contributed by atoms with Gasteiger partial charge in [0.1, 0.15) is 18.9 Å². The molecule has 0 aromatic heterocycles. The van der Waals surface area contributed by atoms with Crippen LogP contribution in [0.15, 0.2) is 71.6 Å². The topological polar surface area (TPSA) is 75.7 Å². The van der Waals surface area contributed by atoms with Crippen LogP contribution >= 0.6 is 35.0 Å². The number of halogens is 2. The maximum Gasteiger partial charge on any atom is 0.294 e. The fraction of sp³-hybridized carbons (Fsp3) is 0.148. The van der Waals surface area contributed by atoms with Crippen molar-refractivity contribution in [3.05, 3.63) is 98.4 Å². The van der Waals surface area contributed by atoms with Crippen LogP contribution in [0.1, 0.15) is 23.6 Å². The number of aryl methyl sites for hydroxylation is 1. The van der Waals surface area contributed by atoms with Gasteiger partial charge in [-0.2, -0.15) is 0 Å². The van der Waals surface area contributed by atoms with Crippen molar-refractivity contribution in [2.24, 2.45) is 0 Å². The van der Waals surface area contributed by atoms with Crippen molar-refractivity contribution in [1.29, 1.82) is 0 Å². The molecular formula is C27H22Cl2N2O4S. The number of hydrogen-bond donors (Lipinski definition) is 1. The second-order valence-corrected chi connectivity index (χ2v) is 9.80. The monoisotopic (exact) mass is 540 g/mol. The number of imide groups is 1. The van der Waals surface area contributed by atoms with Gasteiger partial charge < -0.3 is 10.1 Å². The van der Waals surface area contributed by atoms with Crippen LogP contribution in [0.25, 0.3) is 6.08 Å². The molecule has 0 bridgehead atoms. The van der Waals surface area contributed by atoms with E-state index in [2.05, 4.69) is 5.32 Å². The van der Waals surface area contributed by atoms with E-state index in [1.54, 1.807) is 60.7 Å². The van der Waals surface area contributed by atoms with Gasteiger partial charge in [0.15, 0.2) is 0 Å². The molecule has 0 saturated carbocycles. The number of nitrogens with zero attached hydrogens (tertiary/aromatic N) is 1. The summed E-state index contributed by atoms with van der Waals surface area (Å²) in [5.41, 5.74) is 3.29. The van der Waals surface area contributed by atoms with Crippen LogP contribution in [0.3, 0.4) is 0 Å². The highest BCUT2D eigenvalue weighted by molar-refractivity contribution is 8.18. The molecule has 0 spiro atoms. The second kappa shape index (κ2) is 11.6. The highest BCUT2D eigenvalue weighted by Gasteiger charge is 2.36. The molecule has 6 nitrogen and oxygen atoms in total. The minimum Gasteiger partial charge on any atom is -0.489 e. The van der Waals surface area contributed by atoms with Crippen molar-refractivity contribution < 1.29 is 19.1 Å². The van der Waals surface area contributed by atoms with E-state index in [-0.39, 0.29) is 18.1 Å². The summed E-state index contributed by atoms with van der Waals surface area (Å²) in [5.74, 6) is -0.320. The van der Waals surface area contributed by atoms with Crippen LogP contribution in [0.5, 0.6) is 5.75 Å². The molecule has 3 amide bonds. The first kappa shape index (κ1) is 25.8. The Bertz CT molecular complexity index is 1320. The molecule has 0 radical (unpaired) electrons. The number of ether oxygens (including phenoxy) is 1. The lowest BCUT2D eigenvalue weighted by Gasteiger charge is -2.12. The van der Waals surface area contributed by atoms with Crippen LogP contribution in [0.4, 0.5) is 10.5 Å². The van der Waals surface area contributed by atoms with E-state index in [9.17, 15) is 14.4 Å². The predicted molar refractivity (Wildman–Crippen MR) is 144 cm³/mol. The van der Waals surface area contributed by atoms with E-state index in [1.807, 2.05) is 19.1 Å². The van der Waals surface area contributed by atoms with Gasteiger partial charge in [0.25, 0.3) is 11.1 Å². The second-order valence-electron chi connectivity index (χ2n) is 7.96. The third kappa shape index (κ3) is 6.49. The summed E-state index contributed by atoms with van der Waals surface area (Å²) in [4.78, 5) is 38.7. The number of nitrogens with one attached hydrogen (secondary N) is 1. The Morgan fingerprint density at radius 2 is 1.75 bits per heavy atom. The summed E-state index contributed by atoms with van der Waals surface area (Å²) in [6.45, 7) is 1.97. The smallest absolute Gasteiger partial charge is 0.294 e. The molecular weight excluding hydrogens is 519 g/mol. The van der Waals surface area contributed by atoms with Crippen molar-refractivity contribution >= 4 is 63.8 Å². The Morgan fingerprint density at radius 1 is 1.03 bits per heavy atom. The Kier molecular flexibility index (Phi) is 8.36. The lowest BCUT2D eigenvalue weighted by atomic mass is 10.1. The standard InChI is InChI=1S/C27H22Cl2N2O4S/c1-2-17-3-9-21(10-4-17)30-25(32)15-31-26(33)24(36-27(31)34)13-18-5-11-22(12-6-18)35-16-19-7-8-20(28)14-23(19)29/h3-14H,2,15-16H2,1H3,(H,30,32)/b24-13+. The minimum absolute atomic E-state index is 0.252. The van der Waals surface area contributed by atoms with E-state index in [0.717, 1.165) is 39.8 Å². The Morgan fingerprint density at radius 3 is 2.42 bits per heavy atom. The maximum absolute atomic E-state index is 12.8. The average Bonchev–Trinajstić information content (AvgIpc) is 3.12. The maximum atomic E-state index is 12.8. The number of amides is 3. The van der Waals surface area contributed by atoms with Gasteiger partial charge in [-0.1, -0.05) is 60.5 Å². The van der Waals surface area contributed by atoms with Crippen molar-refractivity contribution in [1.82, 2.24) is 4.90 Å². The van der Waals surface area contributed by atoms with E-state index in [0.29, 0.717) is 21.5 Å². The quantitative estimate of drug-likeness (QED) is 0.317. The zero-order valence-corrected chi connectivity index (χ0v) is 21.6. The summed E-state index contributed by atoms with van der Waals surface area (Å²) in [6, 6.07) is 19.7. The highest BCUT2D eigenvalue weighted by Crippen LogP contribution is 2.32. The summed E-state index contributed by atoms with van der Waals surface area (Å²) < 4.78 is 5.77. The van der Waals surface area contributed by atoms with Gasteiger partial charge >= 0.3 is 0 Å². The molecule has 0 unspecified atom stereocenters. The SMILES string of the molecule is CCc1ccc(NC(=O)CN2C(=O)S/C(=C/c3ccc(OCc4ccc(Cl)cc4Cl)cc3)C2=O)cc1. The lowest BCUT2D eigenvalue weighted by molar-refractivity contribution is -0.127. The molecule has 3 aromatic carbocycles. The lowest BCUT2D eigenvalue weighted by Crippen LogP contribution is -2.36. The Balaban J connectivity index is 1.35. The van der Waals surface area contributed by atoms with Gasteiger partial charge in [0.2, 0.25) is 5.91 Å². The number of hydrogen-bond acceptors (Lipinski definition) is 5. The molecule has 1 aliphatic rings. The summed E-state index contributed by atoms with van der Waals surface area (Å²) >= 11 is 12.9. The summed E-state index contributed by atoms with van der Waals surface area (Å²) in [5, 5.41) is 3.32. The molecule has 4 rings (SSSR count). The van der Waals surface area contributed by atoms with E-state index >= 15 is 0 Å². The first-order chi connectivity index (χ1) is 17.3.